The van der Waals surface area contributed by atoms with Crippen LogP contribution in [0.15, 0.2) is 45.6 Å². The molecule has 2 heterocycles. The molecule has 2 aliphatic heterocycles. The monoisotopic (exact) mass is 629 g/mol. The Kier molecular flexibility index (Phi) is 13.8. The van der Waals surface area contributed by atoms with E-state index in [-0.39, 0.29) is 12.7 Å². The molecule has 1 fully saturated rings. The molecule has 0 saturated carbocycles. The van der Waals surface area contributed by atoms with E-state index in [9.17, 15) is 9.59 Å². The van der Waals surface area contributed by atoms with E-state index < -0.39 is 17.9 Å². The van der Waals surface area contributed by atoms with Gasteiger partial charge in [0.25, 0.3) is 0 Å². The zero-order valence-corrected chi connectivity index (χ0v) is 26.8. The lowest BCUT2D eigenvalue weighted by atomic mass is 9.87. The van der Waals surface area contributed by atoms with E-state index >= 15 is 0 Å². The zero-order chi connectivity index (χ0) is 29.9. The van der Waals surface area contributed by atoms with Crippen LogP contribution < -0.4 is 5.32 Å². The number of morpholine rings is 1. The molecular formula is C29H41Cl2N3O6S. The molecule has 228 valence electrons. The van der Waals surface area contributed by atoms with E-state index in [0.717, 1.165) is 18.0 Å². The fourth-order valence-electron chi connectivity index (χ4n) is 4.96. The Balaban J connectivity index is 1.63. The van der Waals surface area contributed by atoms with Gasteiger partial charge in [0.05, 0.1) is 31.0 Å². The second kappa shape index (κ2) is 16.7. The Bertz CT molecular complexity index is 1110. The van der Waals surface area contributed by atoms with E-state index in [1.807, 2.05) is 40.0 Å². The number of hydrogen-bond acceptors (Lipinski definition) is 10. The van der Waals surface area contributed by atoms with Crippen LogP contribution in [0.25, 0.3) is 0 Å². The number of dihydropyridines is 1. The van der Waals surface area contributed by atoms with E-state index in [1.165, 1.54) is 11.8 Å². The summed E-state index contributed by atoms with van der Waals surface area (Å²) in [5.41, 5.74) is 2.18. The zero-order valence-electron chi connectivity index (χ0n) is 24.5. The summed E-state index contributed by atoms with van der Waals surface area (Å²) >= 11 is 13.6. The van der Waals surface area contributed by atoms with Gasteiger partial charge < -0.3 is 29.2 Å². The second-order valence-corrected chi connectivity index (χ2v) is 12.3. The fourth-order valence-corrected chi connectivity index (χ4v) is 6.44. The number of halogens is 2. The second-order valence-electron chi connectivity index (χ2n) is 10.2. The maximum Gasteiger partial charge on any atom is 0.336 e. The molecule has 0 aromatic heterocycles. The van der Waals surface area contributed by atoms with Crippen LogP contribution >= 0.6 is 35.0 Å². The van der Waals surface area contributed by atoms with E-state index in [4.69, 9.17) is 42.1 Å². The Labute approximate surface area is 257 Å². The maximum atomic E-state index is 13.6. The minimum absolute atomic E-state index is 0.190. The quantitative estimate of drug-likeness (QED) is 0.183. The number of likely N-dealkylation sites (N-methyl/N-ethyl adjacent to an activating group) is 1. The van der Waals surface area contributed by atoms with Crippen molar-refractivity contribution in [3.8, 4) is 0 Å². The predicted molar refractivity (Wildman–Crippen MR) is 162 cm³/mol. The average molecular weight is 631 g/mol. The highest BCUT2D eigenvalue weighted by molar-refractivity contribution is 7.99. The maximum absolute atomic E-state index is 13.6. The van der Waals surface area contributed by atoms with Crippen LogP contribution in [0.2, 0.25) is 10.0 Å². The first kappa shape index (κ1) is 33.7. The van der Waals surface area contributed by atoms with E-state index in [1.54, 1.807) is 13.2 Å². The summed E-state index contributed by atoms with van der Waals surface area (Å²) in [5.74, 6) is -0.868. The van der Waals surface area contributed by atoms with Crippen LogP contribution in [-0.2, 0) is 28.5 Å². The average Bonchev–Trinajstić information content (AvgIpc) is 2.89. The predicted octanol–water partition coefficient (Wildman–Crippen LogP) is 4.24. The van der Waals surface area contributed by atoms with Crippen molar-refractivity contribution in [2.24, 2.45) is 5.92 Å². The van der Waals surface area contributed by atoms with Crippen molar-refractivity contribution in [3.63, 3.8) is 0 Å². The molecule has 0 spiro atoms. The number of ether oxygens (including phenoxy) is 4. The van der Waals surface area contributed by atoms with Gasteiger partial charge in [0.2, 0.25) is 0 Å². The number of carbonyl (C=O) groups excluding carboxylic acids is 2. The highest BCUT2D eigenvalue weighted by Crippen LogP contribution is 2.32. The summed E-state index contributed by atoms with van der Waals surface area (Å²) in [7, 11) is 3.64. The van der Waals surface area contributed by atoms with Crippen LogP contribution in [0.4, 0.5) is 0 Å². The molecule has 3 rings (SSSR count). The van der Waals surface area contributed by atoms with Crippen molar-refractivity contribution in [3.05, 3.63) is 50.8 Å². The topological polar surface area (TPSA) is 89.6 Å². The van der Waals surface area contributed by atoms with Gasteiger partial charge in [-0.05, 0) is 39.1 Å². The van der Waals surface area contributed by atoms with E-state index in [2.05, 4.69) is 15.1 Å². The first-order valence-corrected chi connectivity index (χ1v) is 15.5. The minimum atomic E-state index is -0.495. The standard InChI is InChI=1S/C29H41Cl2N3O6S/c1-19-26(28(35)39-12-13-41-25-15-22(30)14-23(31)16-25)20(2)32-21(3)27(19)29(36)40-24(17-33(4)6-9-37-5)18-34-7-10-38-11-8-34/h14-16,19,24,32H,6-13,17-18H2,1-5H3. The third-order valence-corrected chi connectivity index (χ3v) is 8.32. The SMILES string of the molecule is COCCN(C)CC(CN1CCOCC1)OC(=O)C1=C(C)NC(C)=C(C(=O)OCCSc2cc(Cl)cc(Cl)c2)C1C. The van der Waals surface area contributed by atoms with Crippen LogP contribution in [0, 0.1) is 5.92 Å². The molecule has 2 unspecified atom stereocenters. The summed E-state index contributed by atoms with van der Waals surface area (Å²) in [5, 5.41) is 4.30. The molecule has 9 nitrogen and oxygen atoms in total. The Morgan fingerprint density at radius 2 is 1.73 bits per heavy atom. The van der Waals surface area contributed by atoms with Gasteiger partial charge in [-0.25, -0.2) is 9.59 Å². The van der Waals surface area contributed by atoms with Crippen molar-refractivity contribution >= 4 is 46.9 Å². The van der Waals surface area contributed by atoms with Gasteiger partial charge in [0.1, 0.15) is 12.7 Å². The Morgan fingerprint density at radius 1 is 1.10 bits per heavy atom. The number of esters is 2. The van der Waals surface area contributed by atoms with Crippen molar-refractivity contribution in [2.45, 2.75) is 31.8 Å². The molecule has 12 heteroatoms. The van der Waals surface area contributed by atoms with Gasteiger partial charge in [-0.3, -0.25) is 4.90 Å². The molecule has 1 aromatic carbocycles. The van der Waals surface area contributed by atoms with Gasteiger partial charge in [-0.2, -0.15) is 0 Å². The molecule has 0 bridgehead atoms. The third-order valence-electron chi connectivity index (χ3n) is 6.94. The number of allylic oxidation sites excluding steroid dienone is 2. The molecule has 1 N–H and O–H groups in total. The van der Waals surface area contributed by atoms with Gasteiger partial charge in [-0.15, -0.1) is 11.8 Å². The highest BCUT2D eigenvalue weighted by Gasteiger charge is 2.35. The molecule has 2 aliphatic rings. The van der Waals surface area contributed by atoms with Gasteiger partial charge in [0.15, 0.2) is 0 Å². The summed E-state index contributed by atoms with van der Waals surface area (Å²) in [6.07, 6.45) is -0.366. The lowest BCUT2D eigenvalue weighted by Crippen LogP contribution is -2.46. The summed E-state index contributed by atoms with van der Waals surface area (Å²) in [4.78, 5) is 32.0. The number of methoxy groups -OCH3 is 1. The molecule has 1 saturated heterocycles. The number of carbonyl (C=O) groups is 2. The number of nitrogens with zero attached hydrogens (tertiary/aromatic N) is 2. The highest BCUT2D eigenvalue weighted by atomic mass is 35.5. The van der Waals surface area contributed by atoms with Crippen molar-refractivity contribution in [1.82, 2.24) is 15.1 Å². The lowest BCUT2D eigenvalue weighted by molar-refractivity contribution is -0.147. The van der Waals surface area contributed by atoms with Gasteiger partial charge in [0, 0.05) is 77.8 Å². The minimum Gasteiger partial charge on any atom is -0.461 e. The Hall–Kier alpha value is -1.79. The number of hydrogen-bond donors (Lipinski definition) is 1. The van der Waals surface area contributed by atoms with Crippen molar-refractivity contribution < 1.29 is 28.5 Å². The number of thioether (sulfide) groups is 1. The Morgan fingerprint density at radius 3 is 2.37 bits per heavy atom. The number of rotatable bonds is 14. The summed E-state index contributed by atoms with van der Waals surface area (Å²) < 4.78 is 22.4. The van der Waals surface area contributed by atoms with Crippen LogP contribution in [0.5, 0.6) is 0 Å². The van der Waals surface area contributed by atoms with Gasteiger partial charge >= 0.3 is 11.9 Å². The van der Waals surface area contributed by atoms with Crippen molar-refractivity contribution in [1.29, 1.82) is 0 Å². The summed E-state index contributed by atoms with van der Waals surface area (Å²) in [6, 6.07) is 5.29. The first-order valence-electron chi connectivity index (χ1n) is 13.7. The van der Waals surface area contributed by atoms with Crippen LogP contribution in [0.1, 0.15) is 20.8 Å². The number of nitrogens with one attached hydrogen (secondary N) is 1. The first-order chi connectivity index (χ1) is 19.6. The molecular weight excluding hydrogens is 589 g/mol. The lowest BCUT2D eigenvalue weighted by Gasteiger charge is -2.33. The largest absolute Gasteiger partial charge is 0.461 e. The van der Waals surface area contributed by atoms with Gasteiger partial charge in [-0.1, -0.05) is 30.1 Å². The molecule has 0 aliphatic carbocycles. The normalized spacial score (nSPS) is 18.9. The number of benzene rings is 1. The molecule has 0 amide bonds. The van der Waals surface area contributed by atoms with Crippen LogP contribution in [-0.4, -0.2) is 107 Å². The molecule has 41 heavy (non-hydrogen) atoms. The van der Waals surface area contributed by atoms with Crippen molar-refractivity contribution in [2.75, 3.05) is 79.1 Å². The van der Waals surface area contributed by atoms with Crippen LogP contribution in [0.3, 0.4) is 0 Å². The smallest absolute Gasteiger partial charge is 0.336 e. The summed E-state index contributed by atoms with van der Waals surface area (Å²) in [6.45, 7) is 11.0. The molecule has 2 atom stereocenters. The molecule has 0 radical (unpaired) electrons. The van der Waals surface area contributed by atoms with E-state index in [0.29, 0.717) is 77.8 Å². The third kappa shape index (κ3) is 10.5. The molecule has 1 aromatic rings. The fraction of sp³-hybridized carbons (Fsp3) is 0.586.